The van der Waals surface area contributed by atoms with Gasteiger partial charge in [0.05, 0.1) is 6.61 Å². The number of rotatable bonds is 7. The van der Waals surface area contributed by atoms with Gasteiger partial charge in [-0.3, -0.25) is 4.90 Å². The summed E-state index contributed by atoms with van der Waals surface area (Å²) < 4.78 is 19.3. The van der Waals surface area contributed by atoms with E-state index < -0.39 is 17.7 Å². The summed E-state index contributed by atoms with van der Waals surface area (Å²) >= 11 is 0. The average Bonchev–Trinajstić information content (AvgIpc) is 3.05. The van der Waals surface area contributed by atoms with Crippen molar-refractivity contribution in [2.75, 3.05) is 13.1 Å². The van der Waals surface area contributed by atoms with Crippen molar-refractivity contribution in [1.29, 1.82) is 0 Å². The first-order valence-corrected chi connectivity index (χ1v) is 13.0. The van der Waals surface area contributed by atoms with Crippen molar-refractivity contribution >= 4 is 0 Å². The fourth-order valence-corrected chi connectivity index (χ4v) is 6.69. The Morgan fingerprint density at radius 2 is 1.70 bits per heavy atom. The Hall–Kier alpha value is -1.02. The quantitative estimate of drug-likeness (QED) is 0.519. The number of hydrogen-bond donors (Lipinski definition) is 0. The normalized spacial score (nSPS) is 42.2. The van der Waals surface area contributed by atoms with Crippen LogP contribution in [0.5, 0.6) is 0 Å². The van der Waals surface area contributed by atoms with Gasteiger partial charge in [-0.25, -0.2) is 9.78 Å². The molecule has 1 spiro atoms. The molecular formula is C27H41NO5. The van der Waals surface area contributed by atoms with E-state index in [0.717, 1.165) is 38.9 Å². The highest BCUT2D eigenvalue weighted by molar-refractivity contribution is 5.22. The van der Waals surface area contributed by atoms with Gasteiger partial charge in [0.2, 0.25) is 5.79 Å². The Labute approximate surface area is 198 Å². The molecule has 2 unspecified atom stereocenters. The molecule has 1 aliphatic carbocycles. The molecule has 0 aromatic heterocycles. The molecule has 6 nitrogen and oxygen atoms in total. The predicted molar refractivity (Wildman–Crippen MR) is 125 cm³/mol. The Kier molecular flexibility index (Phi) is 6.62. The van der Waals surface area contributed by atoms with Crippen molar-refractivity contribution in [3.8, 4) is 0 Å². The summed E-state index contributed by atoms with van der Waals surface area (Å²) in [6.07, 6.45) is 3.40. The first-order valence-electron chi connectivity index (χ1n) is 13.0. The monoisotopic (exact) mass is 459 g/mol. The van der Waals surface area contributed by atoms with E-state index in [1.807, 2.05) is 6.92 Å². The molecule has 0 amide bonds. The van der Waals surface area contributed by atoms with E-state index in [9.17, 15) is 0 Å². The number of nitrogens with zero attached hydrogens (tertiary/aromatic N) is 1. The molecule has 0 radical (unpaired) electrons. The van der Waals surface area contributed by atoms with E-state index in [1.54, 1.807) is 0 Å². The molecule has 4 saturated heterocycles. The number of benzene rings is 1. The molecule has 8 atom stereocenters. The van der Waals surface area contributed by atoms with Gasteiger partial charge in [-0.15, -0.1) is 0 Å². The van der Waals surface area contributed by atoms with Crippen molar-refractivity contribution in [3.63, 3.8) is 0 Å². The highest BCUT2D eigenvalue weighted by Gasteiger charge is 2.69. The Bertz CT molecular complexity index is 813. The van der Waals surface area contributed by atoms with Crippen LogP contribution < -0.4 is 0 Å². The van der Waals surface area contributed by atoms with Gasteiger partial charge < -0.3 is 14.2 Å². The standard InChI is InChI=1S/C27H41NO5/c1-6-28(7-2)16-20-9-11-21(12-10-20)17-29-24-19(4)23-13-8-18(3)22-14-15-26(5)31-25(30-24)27(22,23)33-32-26/h9-12,18-19,22-25H,6-8,13-17H2,1-5H3/t18-,19-,22+,23?,24+,25?,26-,27-/m1/s1. The average molecular weight is 460 g/mol. The molecule has 6 rings (SSSR count). The fourth-order valence-electron chi connectivity index (χ4n) is 6.69. The number of hydrogen-bond acceptors (Lipinski definition) is 6. The largest absolute Gasteiger partial charge is 0.348 e. The summed E-state index contributed by atoms with van der Waals surface area (Å²) in [6, 6.07) is 8.77. The lowest BCUT2D eigenvalue weighted by molar-refractivity contribution is -0.577. The first kappa shape index (κ1) is 23.7. The van der Waals surface area contributed by atoms with E-state index in [1.165, 1.54) is 17.5 Å². The second kappa shape index (κ2) is 9.21. The molecule has 0 N–H and O–H groups in total. The Morgan fingerprint density at radius 1 is 0.970 bits per heavy atom. The van der Waals surface area contributed by atoms with E-state index in [-0.39, 0.29) is 12.2 Å². The van der Waals surface area contributed by atoms with Crippen molar-refractivity contribution < 1.29 is 24.0 Å². The van der Waals surface area contributed by atoms with Crippen LogP contribution in [0.25, 0.3) is 0 Å². The van der Waals surface area contributed by atoms with Gasteiger partial charge in [0, 0.05) is 24.8 Å². The zero-order valence-electron chi connectivity index (χ0n) is 20.9. The van der Waals surface area contributed by atoms with Crippen molar-refractivity contribution in [3.05, 3.63) is 35.4 Å². The Morgan fingerprint density at radius 3 is 2.42 bits per heavy atom. The molecule has 5 aliphatic rings. The topological polar surface area (TPSA) is 49.4 Å². The van der Waals surface area contributed by atoms with Crippen LogP contribution in [0.4, 0.5) is 0 Å². The van der Waals surface area contributed by atoms with Gasteiger partial charge in [0.15, 0.2) is 18.2 Å². The molecule has 6 heteroatoms. The number of ether oxygens (including phenoxy) is 3. The highest BCUT2D eigenvalue weighted by atomic mass is 17.3. The van der Waals surface area contributed by atoms with Crippen molar-refractivity contribution in [2.45, 2.75) is 97.4 Å². The minimum atomic E-state index is -0.747. The lowest BCUT2D eigenvalue weighted by atomic mass is 9.58. The van der Waals surface area contributed by atoms with Gasteiger partial charge in [-0.1, -0.05) is 52.0 Å². The first-order chi connectivity index (χ1) is 15.9. The summed E-state index contributed by atoms with van der Waals surface area (Å²) in [5, 5.41) is 0. The maximum Gasteiger partial charge on any atom is 0.201 e. The fraction of sp³-hybridized carbons (Fsp3) is 0.778. The predicted octanol–water partition coefficient (Wildman–Crippen LogP) is 5.25. The van der Waals surface area contributed by atoms with Gasteiger partial charge in [0.25, 0.3) is 0 Å². The minimum absolute atomic E-state index is 0.202. The maximum absolute atomic E-state index is 6.53. The molecular weight excluding hydrogens is 418 g/mol. The van der Waals surface area contributed by atoms with Gasteiger partial charge in [-0.2, -0.15) is 0 Å². The van der Waals surface area contributed by atoms with E-state index in [4.69, 9.17) is 24.0 Å². The lowest BCUT2D eigenvalue weighted by Gasteiger charge is -2.60. The maximum atomic E-state index is 6.53. The second-order valence-corrected chi connectivity index (χ2v) is 10.9. The van der Waals surface area contributed by atoms with Crippen LogP contribution in [0.1, 0.15) is 71.4 Å². The molecule has 4 heterocycles. The molecule has 184 valence electrons. The Balaban J connectivity index is 1.29. The minimum Gasteiger partial charge on any atom is -0.348 e. The summed E-state index contributed by atoms with van der Waals surface area (Å²) in [7, 11) is 0. The molecule has 2 bridgehead atoms. The smallest absolute Gasteiger partial charge is 0.201 e. The van der Waals surface area contributed by atoms with Crippen LogP contribution in [0, 0.1) is 23.7 Å². The number of fused-ring (bicyclic) bond motifs is 2. The van der Waals surface area contributed by atoms with Crippen LogP contribution in [0.3, 0.4) is 0 Å². The van der Waals surface area contributed by atoms with Crippen LogP contribution in [0.15, 0.2) is 24.3 Å². The van der Waals surface area contributed by atoms with E-state index >= 15 is 0 Å². The van der Waals surface area contributed by atoms with Gasteiger partial charge in [-0.05, 0) is 62.2 Å². The third-order valence-electron chi connectivity index (χ3n) is 8.83. The van der Waals surface area contributed by atoms with E-state index in [0.29, 0.717) is 24.4 Å². The zero-order valence-corrected chi connectivity index (χ0v) is 20.9. The summed E-state index contributed by atoms with van der Waals surface area (Å²) in [5.41, 5.74) is 1.97. The summed E-state index contributed by atoms with van der Waals surface area (Å²) in [5.74, 6) is 0.699. The molecule has 1 aromatic carbocycles. The highest BCUT2D eigenvalue weighted by Crippen LogP contribution is 2.60. The van der Waals surface area contributed by atoms with Crippen LogP contribution >= 0.6 is 0 Å². The van der Waals surface area contributed by atoms with Gasteiger partial charge >= 0.3 is 0 Å². The van der Waals surface area contributed by atoms with Gasteiger partial charge in [0.1, 0.15) is 0 Å². The second-order valence-electron chi connectivity index (χ2n) is 10.9. The van der Waals surface area contributed by atoms with Crippen LogP contribution in [0.2, 0.25) is 0 Å². The molecule has 1 saturated carbocycles. The third kappa shape index (κ3) is 4.17. The van der Waals surface area contributed by atoms with Crippen molar-refractivity contribution in [1.82, 2.24) is 4.90 Å². The molecule has 33 heavy (non-hydrogen) atoms. The summed E-state index contributed by atoms with van der Waals surface area (Å²) in [6.45, 7) is 14.6. The summed E-state index contributed by atoms with van der Waals surface area (Å²) in [4.78, 5) is 14.5. The van der Waals surface area contributed by atoms with Crippen LogP contribution in [-0.2, 0) is 37.1 Å². The zero-order chi connectivity index (χ0) is 23.2. The van der Waals surface area contributed by atoms with Crippen molar-refractivity contribution in [2.24, 2.45) is 23.7 Å². The molecule has 1 aromatic rings. The van der Waals surface area contributed by atoms with Crippen LogP contribution in [-0.4, -0.2) is 42.0 Å². The lowest BCUT2D eigenvalue weighted by Crippen LogP contribution is -2.70. The molecule has 5 fully saturated rings. The third-order valence-corrected chi connectivity index (χ3v) is 8.83. The van der Waals surface area contributed by atoms with E-state index in [2.05, 4.69) is 56.9 Å². The SMILES string of the molecule is CCN(CC)Cc1ccc(CO[C@H]2OC3O[C@@]4(C)CC[C@H]5[C@H](C)CCC([C@H]2C)[C@@]35OO4)cc1. The molecule has 4 aliphatic heterocycles.